The summed E-state index contributed by atoms with van der Waals surface area (Å²) in [6.45, 7) is 0.507. The van der Waals surface area contributed by atoms with Gasteiger partial charge in [-0.3, -0.25) is 10.1 Å². The topological polar surface area (TPSA) is 46.4 Å². The number of nitro groups is 1. The van der Waals surface area contributed by atoms with Gasteiger partial charge in [0.2, 0.25) is 0 Å². The first-order chi connectivity index (χ1) is 8.39. The number of benzene rings is 1. The lowest BCUT2D eigenvalue weighted by molar-refractivity contribution is -0.384. The predicted molar refractivity (Wildman–Crippen MR) is 67.2 cm³/mol. The molecule has 1 fully saturated rings. The zero-order chi connectivity index (χ0) is 13.3. The van der Waals surface area contributed by atoms with Crippen LogP contribution in [0.5, 0.6) is 0 Å². The quantitative estimate of drug-likeness (QED) is 0.618. The first kappa shape index (κ1) is 13.2. The summed E-state index contributed by atoms with van der Waals surface area (Å²) in [4.78, 5) is 11.9. The zero-order valence-corrected chi connectivity index (χ0v) is 11.0. The second-order valence-electron chi connectivity index (χ2n) is 4.24. The molecule has 0 spiro atoms. The number of nitro benzene ring substituents is 1. The van der Waals surface area contributed by atoms with E-state index in [1.54, 1.807) is 6.07 Å². The van der Waals surface area contributed by atoms with Gasteiger partial charge in [0.15, 0.2) is 0 Å². The molecule has 1 saturated heterocycles. The van der Waals surface area contributed by atoms with Gasteiger partial charge in [-0.25, -0.2) is 8.78 Å². The third-order valence-electron chi connectivity index (χ3n) is 2.98. The lowest BCUT2D eigenvalue weighted by Gasteiger charge is -2.33. The maximum Gasteiger partial charge on any atom is 0.270 e. The predicted octanol–water partition coefficient (Wildman–Crippen LogP) is 3.59. The molecule has 98 valence electrons. The van der Waals surface area contributed by atoms with E-state index in [2.05, 4.69) is 15.9 Å². The number of anilines is 1. The van der Waals surface area contributed by atoms with Gasteiger partial charge in [0.05, 0.1) is 10.6 Å². The molecule has 2 rings (SSSR count). The maximum atomic E-state index is 13.0. The van der Waals surface area contributed by atoms with Crippen LogP contribution in [0.3, 0.4) is 0 Å². The molecule has 0 amide bonds. The highest BCUT2D eigenvalue weighted by Gasteiger charge is 2.34. The van der Waals surface area contributed by atoms with Crippen LogP contribution in [0.1, 0.15) is 12.8 Å². The molecular formula is C11H11BrF2N2O2. The summed E-state index contributed by atoms with van der Waals surface area (Å²) < 4.78 is 26.6. The maximum absolute atomic E-state index is 13.0. The van der Waals surface area contributed by atoms with E-state index < -0.39 is 10.8 Å². The second-order valence-corrected chi connectivity index (χ2v) is 5.09. The number of alkyl halides is 2. The Morgan fingerprint density at radius 3 is 2.44 bits per heavy atom. The molecule has 0 saturated carbocycles. The number of hydrogen-bond donors (Lipinski definition) is 0. The SMILES string of the molecule is O=[N+]([O-])c1ccc(N2CCC(F)(F)CC2)c(Br)c1. The van der Waals surface area contributed by atoms with Crippen molar-refractivity contribution < 1.29 is 13.7 Å². The molecule has 18 heavy (non-hydrogen) atoms. The zero-order valence-electron chi connectivity index (χ0n) is 9.41. The molecule has 1 aromatic rings. The first-order valence-electron chi connectivity index (χ1n) is 5.46. The van der Waals surface area contributed by atoms with Crippen molar-refractivity contribution in [3.05, 3.63) is 32.8 Å². The van der Waals surface area contributed by atoms with Crippen LogP contribution < -0.4 is 4.90 Å². The van der Waals surface area contributed by atoms with E-state index >= 15 is 0 Å². The van der Waals surface area contributed by atoms with E-state index in [-0.39, 0.29) is 31.6 Å². The molecule has 0 N–H and O–H groups in total. The molecule has 1 aliphatic heterocycles. The Hall–Kier alpha value is -1.24. The van der Waals surface area contributed by atoms with E-state index in [0.29, 0.717) is 4.47 Å². The minimum atomic E-state index is -2.59. The molecule has 0 aromatic heterocycles. The average Bonchev–Trinajstić information content (AvgIpc) is 2.29. The number of rotatable bonds is 2. The van der Waals surface area contributed by atoms with E-state index in [0.717, 1.165) is 5.69 Å². The van der Waals surface area contributed by atoms with Crippen molar-refractivity contribution in [2.24, 2.45) is 0 Å². The smallest absolute Gasteiger partial charge is 0.270 e. The van der Waals surface area contributed by atoms with Crippen molar-refractivity contribution in [1.29, 1.82) is 0 Å². The van der Waals surface area contributed by atoms with Crippen LogP contribution in [0.2, 0.25) is 0 Å². The third-order valence-corrected chi connectivity index (χ3v) is 3.61. The molecular weight excluding hydrogens is 310 g/mol. The van der Waals surface area contributed by atoms with Gasteiger partial charge in [-0.05, 0) is 22.0 Å². The number of hydrogen-bond acceptors (Lipinski definition) is 3. The molecule has 0 bridgehead atoms. The number of piperidine rings is 1. The van der Waals surface area contributed by atoms with Crippen molar-refractivity contribution in [2.75, 3.05) is 18.0 Å². The fourth-order valence-electron chi connectivity index (χ4n) is 1.94. The van der Waals surface area contributed by atoms with E-state index in [4.69, 9.17) is 0 Å². The number of halogens is 3. The highest BCUT2D eigenvalue weighted by atomic mass is 79.9. The van der Waals surface area contributed by atoms with Gasteiger partial charge in [0.1, 0.15) is 0 Å². The summed E-state index contributed by atoms with van der Waals surface area (Å²) in [6.07, 6.45) is -0.368. The van der Waals surface area contributed by atoms with Crippen LogP contribution in [0.25, 0.3) is 0 Å². The van der Waals surface area contributed by atoms with Gasteiger partial charge in [-0.1, -0.05) is 0 Å². The molecule has 1 heterocycles. The van der Waals surface area contributed by atoms with Crippen molar-refractivity contribution in [3.63, 3.8) is 0 Å². The van der Waals surface area contributed by atoms with Crippen LogP contribution in [-0.4, -0.2) is 23.9 Å². The lowest BCUT2D eigenvalue weighted by Crippen LogP contribution is -2.39. The second kappa shape index (κ2) is 4.79. The Balaban J connectivity index is 2.17. The highest BCUT2D eigenvalue weighted by molar-refractivity contribution is 9.10. The monoisotopic (exact) mass is 320 g/mol. The molecule has 0 unspecified atom stereocenters. The summed E-state index contributed by atoms with van der Waals surface area (Å²) in [6, 6.07) is 4.36. The van der Waals surface area contributed by atoms with Crippen LogP contribution in [0.15, 0.2) is 22.7 Å². The Morgan fingerprint density at radius 1 is 1.33 bits per heavy atom. The Labute approximate surface area is 111 Å². The Morgan fingerprint density at radius 2 is 1.94 bits per heavy atom. The van der Waals surface area contributed by atoms with Gasteiger partial charge < -0.3 is 4.90 Å². The molecule has 0 radical (unpaired) electrons. The fourth-order valence-corrected chi connectivity index (χ4v) is 2.56. The van der Waals surface area contributed by atoms with Gasteiger partial charge in [-0.2, -0.15) is 0 Å². The number of non-ortho nitro benzene ring substituents is 1. The van der Waals surface area contributed by atoms with Crippen LogP contribution in [0, 0.1) is 10.1 Å². The number of nitrogens with zero attached hydrogens (tertiary/aromatic N) is 2. The summed E-state index contributed by atoms with van der Waals surface area (Å²) in [5.74, 6) is -2.59. The van der Waals surface area contributed by atoms with Crippen molar-refractivity contribution >= 4 is 27.3 Å². The lowest BCUT2D eigenvalue weighted by atomic mass is 10.1. The van der Waals surface area contributed by atoms with Crippen molar-refractivity contribution in [1.82, 2.24) is 0 Å². The standard InChI is InChI=1S/C11H11BrF2N2O2/c12-9-7-8(16(17)18)1-2-10(9)15-5-3-11(13,14)4-6-15/h1-2,7H,3-6H2. The van der Waals surface area contributed by atoms with Gasteiger partial charge in [0.25, 0.3) is 11.6 Å². The van der Waals surface area contributed by atoms with Gasteiger partial charge in [-0.15, -0.1) is 0 Å². The van der Waals surface area contributed by atoms with E-state index in [1.807, 2.05) is 4.90 Å². The van der Waals surface area contributed by atoms with Crippen LogP contribution >= 0.6 is 15.9 Å². The fraction of sp³-hybridized carbons (Fsp3) is 0.455. The molecule has 0 aliphatic carbocycles. The third kappa shape index (κ3) is 2.77. The molecule has 1 aliphatic rings. The van der Waals surface area contributed by atoms with Crippen molar-refractivity contribution in [3.8, 4) is 0 Å². The highest BCUT2D eigenvalue weighted by Crippen LogP contribution is 2.35. The molecule has 7 heteroatoms. The van der Waals surface area contributed by atoms with Crippen LogP contribution in [-0.2, 0) is 0 Å². The minimum Gasteiger partial charge on any atom is -0.370 e. The Kier molecular flexibility index (Phi) is 3.52. The summed E-state index contributed by atoms with van der Waals surface area (Å²) in [5, 5.41) is 10.6. The molecule has 0 atom stereocenters. The van der Waals surface area contributed by atoms with Crippen LogP contribution in [0.4, 0.5) is 20.2 Å². The largest absolute Gasteiger partial charge is 0.370 e. The summed E-state index contributed by atoms with van der Waals surface area (Å²) in [7, 11) is 0. The minimum absolute atomic E-state index is 0.0204. The van der Waals surface area contributed by atoms with E-state index in [9.17, 15) is 18.9 Å². The van der Waals surface area contributed by atoms with Crippen molar-refractivity contribution in [2.45, 2.75) is 18.8 Å². The molecule has 4 nitrogen and oxygen atoms in total. The van der Waals surface area contributed by atoms with Gasteiger partial charge in [0, 0.05) is 42.5 Å². The van der Waals surface area contributed by atoms with Gasteiger partial charge >= 0.3 is 0 Å². The summed E-state index contributed by atoms with van der Waals surface area (Å²) in [5.41, 5.74) is 0.698. The normalized spacial score (nSPS) is 18.7. The van der Waals surface area contributed by atoms with E-state index in [1.165, 1.54) is 12.1 Å². The first-order valence-corrected chi connectivity index (χ1v) is 6.25. The summed E-state index contributed by atoms with van der Waals surface area (Å²) >= 11 is 3.25. The average molecular weight is 321 g/mol. The molecule has 1 aromatic carbocycles. The Bertz CT molecular complexity index is 472.